The van der Waals surface area contributed by atoms with Crippen LogP contribution in [0.25, 0.3) is 0 Å². The van der Waals surface area contributed by atoms with E-state index in [9.17, 15) is 0 Å². The van der Waals surface area contributed by atoms with Crippen molar-refractivity contribution in [1.29, 1.82) is 0 Å². The predicted molar refractivity (Wildman–Crippen MR) is 51.5 cm³/mol. The summed E-state index contributed by atoms with van der Waals surface area (Å²) >= 11 is 0. The third kappa shape index (κ3) is 2.32. The van der Waals surface area contributed by atoms with Crippen LogP contribution in [-0.2, 0) is 6.61 Å². The van der Waals surface area contributed by atoms with Crippen molar-refractivity contribution >= 4 is 0 Å². The van der Waals surface area contributed by atoms with E-state index in [1.807, 2.05) is 13.0 Å². The third-order valence-electron chi connectivity index (χ3n) is 1.78. The molecular weight excluding hydrogens is 196 g/mol. The molecule has 5 heteroatoms. The van der Waals surface area contributed by atoms with Gasteiger partial charge in [-0.2, -0.15) is 4.98 Å². The van der Waals surface area contributed by atoms with E-state index >= 15 is 0 Å². The molecule has 0 aliphatic rings. The van der Waals surface area contributed by atoms with E-state index in [1.54, 1.807) is 12.3 Å². The molecule has 0 aliphatic carbocycles. The average Bonchev–Trinajstić information content (AvgIpc) is 2.69. The van der Waals surface area contributed by atoms with Crippen LogP contribution in [0.5, 0.6) is 11.8 Å². The highest BCUT2D eigenvalue weighted by molar-refractivity contribution is 5.21. The van der Waals surface area contributed by atoms with Gasteiger partial charge in [-0.1, -0.05) is 0 Å². The Morgan fingerprint density at radius 1 is 1.47 bits per heavy atom. The number of aliphatic hydroxyl groups is 1. The molecule has 0 atom stereocenters. The Bertz CT molecular complexity index is 436. The molecule has 2 heterocycles. The first kappa shape index (κ1) is 9.67. The third-order valence-corrected chi connectivity index (χ3v) is 1.78. The summed E-state index contributed by atoms with van der Waals surface area (Å²) in [6, 6.07) is 3.59. The maximum Gasteiger partial charge on any atom is 0.399 e. The molecule has 0 spiro atoms. The lowest BCUT2D eigenvalue weighted by Crippen LogP contribution is -1.87. The van der Waals surface area contributed by atoms with E-state index in [1.165, 1.54) is 6.26 Å². The van der Waals surface area contributed by atoms with E-state index < -0.39 is 0 Å². The van der Waals surface area contributed by atoms with Crippen LogP contribution in [0.3, 0.4) is 0 Å². The van der Waals surface area contributed by atoms with Crippen LogP contribution in [0, 0.1) is 6.92 Å². The van der Waals surface area contributed by atoms with E-state index in [0.29, 0.717) is 11.4 Å². The number of ether oxygens (including phenoxy) is 1. The molecule has 2 aromatic rings. The van der Waals surface area contributed by atoms with Gasteiger partial charge >= 0.3 is 6.08 Å². The van der Waals surface area contributed by atoms with Gasteiger partial charge < -0.3 is 14.3 Å². The van der Waals surface area contributed by atoms with Gasteiger partial charge in [0.25, 0.3) is 0 Å². The molecule has 78 valence electrons. The molecule has 0 aromatic carbocycles. The number of aromatic nitrogens is 2. The highest BCUT2D eigenvalue weighted by atomic mass is 16.6. The molecule has 2 aromatic heterocycles. The van der Waals surface area contributed by atoms with Crippen molar-refractivity contribution in [1.82, 2.24) is 9.97 Å². The zero-order valence-corrected chi connectivity index (χ0v) is 8.17. The van der Waals surface area contributed by atoms with Crippen LogP contribution in [0.15, 0.2) is 29.0 Å². The molecule has 0 radical (unpaired) electrons. The minimum absolute atomic E-state index is 0.102. The summed E-state index contributed by atoms with van der Waals surface area (Å²) in [7, 11) is 0. The number of pyridine rings is 1. The van der Waals surface area contributed by atoms with Gasteiger partial charge in [-0.3, -0.25) is 4.98 Å². The Morgan fingerprint density at radius 2 is 2.33 bits per heavy atom. The molecule has 0 saturated heterocycles. The number of rotatable bonds is 3. The molecule has 1 N–H and O–H groups in total. The van der Waals surface area contributed by atoms with Crippen molar-refractivity contribution in [2.45, 2.75) is 13.5 Å². The summed E-state index contributed by atoms with van der Waals surface area (Å²) in [4.78, 5) is 7.94. The first-order valence-corrected chi connectivity index (χ1v) is 4.43. The fourth-order valence-electron chi connectivity index (χ4n) is 1.02. The summed E-state index contributed by atoms with van der Waals surface area (Å²) in [5.74, 6) is 0.548. The Balaban J connectivity index is 2.11. The molecule has 0 fully saturated rings. The van der Waals surface area contributed by atoms with Crippen LogP contribution in [0.1, 0.15) is 11.4 Å². The van der Waals surface area contributed by atoms with Crippen molar-refractivity contribution in [3.8, 4) is 11.8 Å². The Kier molecular flexibility index (Phi) is 2.64. The van der Waals surface area contributed by atoms with Gasteiger partial charge in [0.2, 0.25) is 0 Å². The topological polar surface area (TPSA) is 68.4 Å². The lowest BCUT2D eigenvalue weighted by atomic mass is 10.4. The van der Waals surface area contributed by atoms with Gasteiger partial charge in [0, 0.05) is 5.69 Å². The second kappa shape index (κ2) is 4.10. The van der Waals surface area contributed by atoms with Crippen LogP contribution in [0.4, 0.5) is 0 Å². The lowest BCUT2D eigenvalue weighted by Gasteiger charge is -1.99. The minimum atomic E-state index is -0.168. The van der Waals surface area contributed by atoms with Gasteiger partial charge in [0.15, 0.2) is 5.75 Å². The molecular formula is C10H10N2O3. The number of hydrogen-bond acceptors (Lipinski definition) is 5. The Labute approximate surface area is 86.4 Å². The lowest BCUT2D eigenvalue weighted by molar-refractivity contribution is 0.276. The highest BCUT2D eigenvalue weighted by Gasteiger charge is 2.05. The maximum atomic E-state index is 8.76. The maximum absolute atomic E-state index is 8.76. The number of oxazole rings is 1. The summed E-state index contributed by atoms with van der Waals surface area (Å²) < 4.78 is 10.2. The van der Waals surface area contributed by atoms with E-state index in [4.69, 9.17) is 14.3 Å². The number of nitrogens with zero attached hydrogens (tertiary/aromatic N) is 2. The summed E-state index contributed by atoms with van der Waals surface area (Å²) in [6.45, 7) is 1.72. The summed E-state index contributed by atoms with van der Waals surface area (Å²) in [5.41, 5.74) is 1.34. The second-order valence-electron chi connectivity index (χ2n) is 3.00. The smallest absolute Gasteiger partial charge is 0.399 e. The molecule has 0 unspecified atom stereocenters. The van der Waals surface area contributed by atoms with Crippen molar-refractivity contribution in [3.05, 3.63) is 36.0 Å². The summed E-state index contributed by atoms with van der Waals surface area (Å²) in [5, 5.41) is 8.76. The normalized spacial score (nSPS) is 10.3. The van der Waals surface area contributed by atoms with Gasteiger partial charge in [-0.05, 0) is 19.1 Å². The summed E-state index contributed by atoms with van der Waals surface area (Å²) in [6.07, 6.45) is 3.03. The van der Waals surface area contributed by atoms with E-state index in [0.717, 1.165) is 5.69 Å². The zero-order valence-electron chi connectivity index (χ0n) is 8.17. The fraction of sp³-hybridized carbons (Fsp3) is 0.200. The molecule has 0 saturated carbocycles. The fourth-order valence-corrected chi connectivity index (χ4v) is 1.02. The minimum Gasteiger partial charge on any atom is -0.417 e. The van der Waals surface area contributed by atoms with Crippen molar-refractivity contribution < 1.29 is 14.3 Å². The van der Waals surface area contributed by atoms with Gasteiger partial charge in [-0.15, -0.1) is 0 Å². The Hall–Kier alpha value is -1.88. The van der Waals surface area contributed by atoms with E-state index in [2.05, 4.69) is 9.97 Å². The molecule has 15 heavy (non-hydrogen) atoms. The van der Waals surface area contributed by atoms with Gasteiger partial charge in [0.1, 0.15) is 12.0 Å². The van der Waals surface area contributed by atoms with Gasteiger partial charge in [0.05, 0.1) is 12.8 Å². The van der Waals surface area contributed by atoms with Crippen molar-refractivity contribution in [2.75, 3.05) is 0 Å². The first-order valence-electron chi connectivity index (χ1n) is 4.43. The average molecular weight is 206 g/mol. The number of aliphatic hydroxyl groups excluding tert-OH is 1. The van der Waals surface area contributed by atoms with Crippen LogP contribution < -0.4 is 4.74 Å². The largest absolute Gasteiger partial charge is 0.417 e. The van der Waals surface area contributed by atoms with Crippen molar-refractivity contribution in [2.24, 2.45) is 0 Å². The number of aryl methyl sites for hydroxylation is 1. The molecule has 0 amide bonds. The van der Waals surface area contributed by atoms with Gasteiger partial charge in [-0.25, -0.2) is 0 Å². The number of hydrogen-bond donors (Lipinski definition) is 1. The molecule has 0 aliphatic heterocycles. The van der Waals surface area contributed by atoms with Crippen LogP contribution >= 0.6 is 0 Å². The van der Waals surface area contributed by atoms with Crippen LogP contribution in [0.2, 0.25) is 0 Å². The Morgan fingerprint density at radius 3 is 2.93 bits per heavy atom. The molecule has 0 bridgehead atoms. The first-order chi connectivity index (χ1) is 7.28. The monoisotopic (exact) mass is 206 g/mol. The quantitative estimate of drug-likeness (QED) is 0.827. The SMILES string of the molecule is Cc1ccc(Oc2nc(CO)co2)cn1. The van der Waals surface area contributed by atoms with Crippen molar-refractivity contribution in [3.63, 3.8) is 0 Å². The highest BCUT2D eigenvalue weighted by Crippen LogP contribution is 2.19. The molecule has 5 nitrogen and oxygen atoms in total. The zero-order chi connectivity index (χ0) is 10.7. The van der Waals surface area contributed by atoms with E-state index in [-0.39, 0.29) is 12.7 Å². The predicted octanol–water partition coefficient (Wildman–Crippen LogP) is 1.66. The molecule has 2 rings (SSSR count). The standard InChI is InChI=1S/C10H10N2O3/c1-7-2-3-9(4-11-7)15-10-12-8(5-13)6-14-10/h2-4,6,13H,5H2,1H3. The van der Waals surface area contributed by atoms with Crippen LogP contribution in [-0.4, -0.2) is 15.1 Å². The second-order valence-corrected chi connectivity index (χ2v) is 3.00.